The van der Waals surface area contributed by atoms with Crippen LogP contribution in [0.1, 0.15) is 34.2 Å². The first kappa shape index (κ1) is 16.2. The van der Waals surface area contributed by atoms with Crippen LogP contribution in [-0.4, -0.2) is 15.9 Å². The van der Waals surface area contributed by atoms with Gasteiger partial charge in [-0.25, -0.2) is 9.97 Å². The van der Waals surface area contributed by atoms with Crippen LogP contribution in [0.4, 0.5) is 5.95 Å². The Morgan fingerprint density at radius 2 is 2.09 bits per heavy atom. The molecule has 1 amide bonds. The van der Waals surface area contributed by atoms with Crippen LogP contribution in [0.15, 0.2) is 22.7 Å². The lowest BCUT2D eigenvalue weighted by Crippen LogP contribution is -2.20. The van der Waals surface area contributed by atoms with Gasteiger partial charge in [-0.2, -0.15) is 0 Å². The second kappa shape index (κ2) is 6.74. The molecule has 116 valence electrons. The van der Waals surface area contributed by atoms with E-state index in [-0.39, 0.29) is 18.1 Å². The number of nitrogens with two attached hydrogens (primary N) is 2. The number of hydrogen-bond donors (Lipinski definition) is 2. The fourth-order valence-electron chi connectivity index (χ4n) is 2.11. The van der Waals surface area contributed by atoms with Crippen molar-refractivity contribution in [1.82, 2.24) is 9.97 Å². The van der Waals surface area contributed by atoms with E-state index in [4.69, 9.17) is 16.2 Å². The summed E-state index contributed by atoms with van der Waals surface area (Å²) in [6, 6.07) is 5.84. The number of hydrogen-bond acceptors (Lipinski definition) is 5. The van der Waals surface area contributed by atoms with Gasteiger partial charge in [-0.3, -0.25) is 4.79 Å². The summed E-state index contributed by atoms with van der Waals surface area (Å²) >= 11 is 3.46. The normalized spacial score (nSPS) is 10.5. The maximum atomic E-state index is 11.6. The molecule has 4 N–H and O–H groups in total. The monoisotopic (exact) mass is 364 g/mol. The Hall–Kier alpha value is -2.15. The number of ether oxygens (including phenoxy) is 1. The number of benzene rings is 1. The van der Waals surface area contributed by atoms with Crippen LogP contribution < -0.4 is 16.2 Å². The Labute approximate surface area is 137 Å². The van der Waals surface area contributed by atoms with E-state index in [0.29, 0.717) is 17.1 Å². The number of nitrogen functional groups attached to an aromatic ring is 1. The van der Waals surface area contributed by atoms with Crippen LogP contribution in [0.25, 0.3) is 0 Å². The number of aromatic nitrogens is 2. The third-order valence-electron chi connectivity index (χ3n) is 3.20. The lowest BCUT2D eigenvalue weighted by molar-refractivity contribution is 0.0996. The molecule has 0 aliphatic rings. The molecule has 6 nitrogen and oxygen atoms in total. The fraction of sp³-hybridized carbons (Fsp3) is 0.267. The van der Waals surface area contributed by atoms with Gasteiger partial charge in [0.1, 0.15) is 12.4 Å². The van der Waals surface area contributed by atoms with Crippen molar-refractivity contribution in [2.75, 3.05) is 5.73 Å². The number of rotatable bonds is 5. The van der Waals surface area contributed by atoms with E-state index in [9.17, 15) is 4.79 Å². The van der Waals surface area contributed by atoms with E-state index in [1.165, 1.54) is 5.56 Å². The highest BCUT2D eigenvalue weighted by molar-refractivity contribution is 9.10. The van der Waals surface area contributed by atoms with Gasteiger partial charge in [0.2, 0.25) is 5.95 Å². The minimum Gasteiger partial charge on any atom is -0.486 e. The molecule has 0 saturated heterocycles. The third-order valence-corrected chi connectivity index (χ3v) is 3.82. The van der Waals surface area contributed by atoms with E-state index < -0.39 is 5.91 Å². The zero-order valence-electron chi connectivity index (χ0n) is 12.4. The largest absolute Gasteiger partial charge is 0.486 e. The lowest BCUT2D eigenvalue weighted by Gasteiger charge is -2.12. The molecule has 22 heavy (non-hydrogen) atoms. The molecule has 0 saturated carbocycles. The number of amides is 1. The highest BCUT2D eigenvalue weighted by Gasteiger charge is 2.16. The predicted octanol–water partition coefficient (Wildman–Crippen LogP) is 2.37. The van der Waals surface area contributed by atoms with Crippen LogP contribution in [-0.2, 0) is 13.0 Å². The molecule has 0 unspecified atom stereocenters. The van der Waals surface area contributed by atoms with Gasteiger partial charge < -0.3 is 16.2 Å². The zero-order valence-corrected chi connectivity index (χ0v) is 14.0. The molecule has 0 fully saturated rings. The van der Waals surface area contributed by atoms with Gasteiger partial charge in [-0.05, 0) is 47.0 Å². The Balaban J connectivity index is 2.27. The number of aryl methyl sites for hydroxylation is 2. The van der Waals surface area contributed by atoms with Gasteiger partial charge >= 0.3 is 0 Å². The fourth-order valence-corrected chi connectivity index (χ4v) is 2.65. The maximum absolute atomic E-state index is 11.6. The molecule has 0 bridgehead atoms. The first-order valence-electron chi connectivity index (χ1n) is 6.76. The molecule has 2 rings (SSSR count). The molecule has 2 aromatic rings. The van der Waals surface area contributed by atoms with E-state index in [0.717, 1.165) is 10.9 Å². The van der Waals surface area contributed by atoms with Crippen molar-refractivity contribution in [2.45, 2.75) is 26.9 Å². The SMILES string of the molecule is CCc1ccc(OCc2nc(N)nc(C)c2C(N)=O)c(Br)c1. The van der Waals surface area contributed by atoms with Crippen molar-refractivity contribution in [2.24, 2.45) is 5.73 Å². The highest BCUT2D eigenvalue weighted by Crippen LogP contribution is 2.27. The average molecular weight is 365 g/mol. The predicted molar refractivity (Wildman–Crippen MR) is 87.6 cm³/mol. The minimum atomic E-state index is -0.600. The lowest BCUT2D eigenvalue weighted by atomic mass is 10.1. The van der Waals surface area contributed by atoms with Crippen LogP contribution >= 0.6 is 15.9 Å². The molecule has 0 spiro atoms. The maximum Gasteiger partial charge on any atom is 0.252 e. The summed E-state index contributed by atoms with van der Waals surface area (Å²) in [7, 11) is 0. The van der Waals surface area contributed by atoms with Crippen molar-refractivity contribution in [3.05, 3.63) is 45.2 Å². The smallest absolute Gasteiger partial charge is 0.252 e. The Kier molecular flexibility index (Phi) is 4.97. The van der Waals surface area contributed by atoms with Crippen LogP contribution in [0.2, 0.25) is 0 Å². The Bertz CT molecular complexity index is 719. The number of anilines is 1. The van der Waals surface area contributed by atoms with E-state index in [1.807, 2.05) is 18.2 Å². The first-order valence-corrected chi connectivity index (χ1v) is 7.55. The minimum absolute atomic E-state index is 0.0793. The van der Waals surface area contributed by atoms with Crippen molar-refractivity contribution in [3.8, 4) is 5.75 Å². The molecule has 1 aromatic carbocycles. The number of nitrogens with zero attached hydrogens (tertiary/aromatic N) is 2. The van der Waals surface area contributed by atoms with Gasteiger partial charge in [0.15, 0.2) is 0 Å². The second-order valence-electron chi connectivity index (χ2n) is 4.76. The number of halogens is 1. The first-order chi connectivity index (χ1) is 10.4. The van der Waals surface area contributed by atoms with Crippen molar-refractivity contribution >= 4 is 27.8 Å². The summed E-state index contributed by atoms with van der Waals surface area (Å²) in [4.78, 5) is 19.6. The van der Waals surface area contributed by atoms with Crippen LogP contribution in [0, 0.1) is 6.92 Å². The standard InChI is InChI=1S/C15H17BrN4O2/c1-3-9-4-5-12(10(16)6-9)22-7-11-13(14(17)21)8(2)19-15(18)20-11/h4-6H,3,7H2,1-2H3,(H2,17,21)(H2,18,19,20). The third kappa shape index (κ3) is 3.54. The van der Waals surface area contributed by atoms with Crippen LogP contribution in [0.3, 0.4) is 0 Å². The van der Waals surface area contributed by atoms with E-state index in [2.05, 4.69) is 32.8 Å². The number of carbonyl (C=O) groups excluding carboxylic acids is 1. The summed E-state index contributed by atoms with van der Waals surface area (Å²) in [5, 5.41) is 0. The van der Waals surface area contributed by atoms with Crippen molar-refractivity contribution < 1.29 is 9.53 Å². The molecule has 0 aliphatic heterocycles. The quantitative estimate of drug-likeness (QED) is 0.847. The highest BCUT2D eigenvalue weighted by atomic mass is 79.9. The summed E-state index contributed by atoms with van der Waals surface area (Å²) in [6.45, 7) is 3.82. The van der Waals surface area contributed by atoms with Gasteiger partial charge in [-0.1, -0.05) is 13.0 Å². The molecular weight excluding hydrogens is 348 g/mol. The van der Waals surface area contributed by atoms with E-state index in [1.54, 1.807) is 6.92 Å². The topological polar surface area (TPSA) is 104 Å². The number of primary amides is 1. The molecule has 0 radical (unpaired) electrons. The zero-order chi connectivity index (χ0) is 16.3. The van der Waals surface area contributed by atoms with Gasteiger partial charge in [0.05, 0.1) is 21.4 Å². The van der Waals surface area contributed by atoms with Crippen molar-refractivity contribution in [1.29, 1.82) is 0 Å². The molecule has 1 aromatic heterocycles. The van der Waals surface area contributed by atoms with Crippen molar-refractivity contribution in [3.63, 3.8) is 0 Å². The summed E-state index contributed by atoms with van der Waals surface area (Å²) < 4.78 is 6.56. The Morgan fingerprint density at radius 1 is 1.36 bits per heavy atom. The molecule has 0 atom stereocenters. The van der Waals surface area contributed by atoms with E-state index >= 15 is 0 Å². The summed E-state index contributed by atoms with van der Waals surface area (Å²) in [6.07, 6.45) is 0.937. The molecular formula is C15H17BrN4O2. The second-order valence-corrected chi connectivity index (χ2v) is 5.61. The Morgan fingerprint density at radius 3 is 2.68 bits per heavy atom. The number of carbonyl (C=O) groups is 1. The van der Waals surface area contributed by atoms with Gasteiger partial charge in [-0.15, -0.1) is 0 Å². The molecule has 0 aliphatic carbocycles. The summed E-state index contributed by atoms with van der Waals surface area (Å²) in [5.74, 6) is 0.139. The molecule has 7 heteroatoms. The summed E-state index contributed by atoms with van der Waals surface area (Å²) in [5.41, 5.74) is 13.3. The van der Waals surface area contributed by atoms with Gasteiger partial charge in [0, 0.05) is 0 Å². The average Bonchev–Trinajstić information content (AvgIpc) is 2.44. The van der Waals surface area contributed by atoms with Gasteiger partial charge in [0.25, 0.3) is 5.91 Å². The van der Waals surface area contributed by atoms with Crippen LogP contribution in [0.5, 0.6) is 5.75 Å². The molecule has 1 heterocycles.